The van der Waals surface area contributed by atoms with Gasteiger partial charge in [0.1, 0.15) is 0 Å². The fourth-order valence-corrected chi connectivity index (χ4v) is 1.27. The molecule has 0 amide bonds. The topological polar surface area (TPSA) is 67.8 Å². The average molecular weight is 193 g/mol. The Labute approximate surface area is 80.4 Å². The standard InChI is InChI=1S/C9H11N3O2/c1-4-7-6(5-10)8(13)12(3)9(14)11(7)2/h4-5,10H,1H2,2-3H3. The molecule has 1 aromatic heterocycles. The van der Waals surface area contributed by atoms with Gasteiger partial charge in [-0.25, -0.2) is 4.79 Å². The zero-order chi connectivity index (χ0) is 10.9. The molecule has 0 atom stereocenters. The first-order valence-corrected chi connectivity index (χ1v) is 3.97. The SMILES string of the molecule is C=Cc1c(C=N)c(=O)n(C)c(=O)n1C. The maximum atomic E-state index is 11.5. The fraction of sp³-hybridized carbons (Fsp3) is 0.222. The van der Waals surface area contributed by atoms with Gasteiger partial charge < -0.3 is 5.41 Å². The lowest BCUT2D eigenvalue weighted by atomic mass is 10.2. The predicted octanol–water partition coefficient (Wildman–Crippen LogP) is -0.275. The van der Waals surface area contributed by atoms with Crippen molar-refractivity contribution in [3.8, 4) is 0 Å². The van der Waals surface area contributed by atoms with E-state index in [0.717, 1.165) is 10.8 Å². The Bertz CT molecular complexity index is 508. The van der Waals surface area contributed by atoms with E-state index in [1.165, 1.54) is 24.7 Å². The Hall–Kier alpha value is -1.91. The largest absolute Gasteiger partial charge is 0.330 e. The Morgan fingerprint density at radius 3 is 2.29 bits per heavy atom. The van der Waals surface area contributed by atoms with Gasteiger partial charge in [0.2, 0.25) is 0 Å². The molecule has 0 radical (unpaired) electrons. The number of hydrogen-bond acceptors (Lipinski definition) is 3. The lowest BCUT2D eigenvalue weighted by Gasteiger charge is -2.08. The van der Waals surface area contributed by atoms with Crippen molar-refractivity contribution in [1.82, 2.24) is 9.13 Å². The summed E-state index contributed by atoms with van der Waals surface area (Å²) in [5.74, 6) is 0. The molecule has 1 heterocycles. The third-order valence-corrected chi connectivity index (χ3v) is 2.08. The van der Waals surface area contributed by atoms with Crippen LogP contribution in [0.15, 0.2) is 16.2 Å². The first-order valence-electron chi connectivity index (χ1n) is 3.97. The number of nitrogens with one attached hydrogen (secondary N) is 1. The lowest BCUT2D eigenvalue weighted by molar-refractivity contribution is 0.678. The van der Waals surface area contributed by atoms with Crippen molar-refractivity contribution in [1.29, 1.82) is 5.41 Å². The smallest absolute Gasteiger partial charge is 0.308 e. The van der Waals surface area contributed by atoms with E-state index in [1.54, 1.807) is 0 Å². The van der Waals surface area contributed by atoms with Gasteiger partial charge in [-0.15, -0.1) is 0 Å². The van der Waals surface area contributed by atoms with E-state index in [4.69, 9.17) is 5.41 Å². The molecule has 0 unspecified atom stereocenters. The van der Waals surface area contributed by atoms with Crippen LogP contribution in [0.2, 0.25) is 0 Å². The molecule has 0 aliphatic rings. The average Bonchev–Trinajstić information content (AvgIpc) is 2.20. The molecule has 0 saturated heterocycles. The summed E-state index contributed by atoms with van der Waals surface area (Å²) in [4.78, 5) is 22.9. The Balaban J connectivity index is 3.94. The first kappa shape index (κ1) is 10.2. The van der Waals surface area contributed by atoms with Crippen molar-refractivity contribution in [3.63, 3.8) is 0 Å². The second-order valence-electron chi connectivity index (χ2n) is 2.85. The second kappa shape index (κ2) is 3.45. The Morgan fingerprint density at radius 2 is 1.86 bits per heavy atom. The minimum absolute atomic E-state index is 0.171. The van der Waals surface area contributed by atoms with E-state index in [9.17, 15) is 9.59 Å². The molecule has 0 bridgehead atoms. The molecule has 0 aliphatic carbocycles. The summed E-state index contributed by atoms with van der Waals surface area (Å²) in [7, 11) is 2.91. The highest BCUT2D eigenvalue weighted by atomic mass is 16.2. The molecule has 0 fully saturated rings. The van der Waals surface area contributed by atoms with E-state index in [-0.39, 0.29) is 5.56 Å². The van der Waals surface area contributed by atoms with Crippen molar-refractivity contribution < 1.29 is 0 Å². The summed E-state index contributed by atoms with van der Waals surface area (Å²) in [5.41, 5.74) is -0.355. The van der Waals surface area contributed by atoms with Crippen LogP contribution in [0.5, 0.6) is 0 Å². The van der Waals surface area contributed by atoms with Crippen LogP contribution in [-0.4, -0.2) is 15.3 Å². The molecule has 0 aromatic carbocycles. The van der Waals surface area contributed by atoms with E-state index in [2.05, 4.69) is 6.58 Å². The summed E-state index contributed by atoms with van der Waals surface area (Å²) in [5, 5.41) is 7.09. The number of hydrogen-bond donors (Lipinski definition) is 1. The van der Waals surface area contributed by atoms with Crippen LogP contribution < -0.4 is 11.2 Å². The molecule has 0 aliphatic heterocycles. The van der Waals surface area contributed by atoms with Gasteiger partial charge in [0.15, 0.2) is 0 Å². The number of nitrogens with zero attached hydrogens (tertiary/aromatic N) is 2. The first-order chi connectivity index (χ1) is 6.54. The van der Waals surface area contributed by atoms with E-state index in [0.29, 0.717) is 5.69 Å². The van der Waals surface area contributed by atoms with Crippen LogP contribution >= 0.6 is 0 Å². The molecule has 0 spiro atoms. The molecule has 1 rings (SSSR count). The minimum Gasteiger partial charge on any atom is -0.308 e. The van der Waals surface area contributed by atoms with E-state index >= 15 is 0 Å². The molecule has 14 heavy (non-hydrogen) atoms. The van der Waals surface area contributed by atoms with Gasteiger partial charge in [-0.3, -0.25) is 13.9 Å². The highest BCUT2D eigenvalue weighted by Crippen LogP contribution is 1.98. The quantitative estimate of drug-likeness (QED) is 0.656. The maximum Gasteiger partial charge on any atom is 0.330 e. The van der Waals surface area contributed by atoms with Gasteiger partial charge >= 0.3 is 5.69 Å². The summed E-state index contributed by atoms with van der Waals surface area (Å²) in [6.07, 6.45) is 2.32. The van der Waals surface area contributed by atoms with Crippen LogP contribution in [0.1, 0.15) is 11.3 Å². The Morgan fingerprint density at radius 1 is 1.29 bits per heavy atom. The van der Waals surface area contributed by atoms with Crippen LogP contribution in [-0.2, 0) is 14.1 Å². The van der Waals surface area contributed by atoms with Crippen LogP contribution in [0.4, 0.5) is 0 Å². The molecule has 1 N–H and O–H groups in total. The van der Waals surface area contributed by atoms with E-state index in [1.807, 2.05) is 0 Å². The molecule has 1 aromatic rings. The van der Waals surface area contributed by atoms with Crippen molar-refractivity contribution in [3.05, 3.63) is 38.7 Å². The fourth-order valence-electron chi connectivity index (χ4n) is 1.27. The third-order valence-electron chi connectivity index (χ3n) is 2.08. The van der Waals surface area contributed by atoms with Crippen LogP contribution in [0.3, 0.4) is 0 Å². The van der Waals surface area contributed by atoms with Crippen molar-refractivity contribution >= 4 is 12.3 Å². The summed E-state index contributed by atoms with van der Waals surface area (Å²) in [6, 6.07) is 0. The highest BCUT2D eigenvalue weighted by Gasteiger charge is 2.10. The van der Waals surface area contributed by atoms with Crippen LogP contribution in [0, 0.1) is 5.41 Å². The van der Waals surface area contributed by atoms with Crippen LogP contribution in [0.25, 0.3) is 6.08 Å². The summed E-state index contributed by atoms with van der Waals surface area (Å²) in [6.45, 7) is 3.50. The molecule has 5 heteroatoms. The monoisotopic (exact) mass is 193 g/mol. The molecule has 0 saturated carbocycles. The normalized spacial score (nSPS) is 9.86. The number of aromatic nitrogens is 2. The maximum absolute atomic E-state index is 11.5. The third kappa shape index (κ3) is 1.22. The van der Waals surface area contributed by atoms with Crippen molar-refractivity contribution in [2.45, 2.75) is 0 Å². The van der Waals surface area contributed by atoms with Gasteiger partial charge in [0.25, 0.3) is 5.56 Å². The van der Waals surface area contributed by atoms with Crippen molar-refractivity contribution in [2.24, 2.45) is 14.1 Å². The molecule has 5 nitrogen and oxygen atoms in total. The van der Waals surface area contributed by atoms with Crippen molar-refractivity contribution in [2.75, 3.05) is 0 Å². The van der Waals surface area contributed by atoms with E-state index < -0.39 is 11.2 Å². The van der Waals surface area contributed by atoms with Gasteiger partial charge in [0.05, 0.1) is 11.3 Å². The minimum atomic E-state index is -0.474. The highest BCUT2D eigenvalue weighted by molar-refractivity contribution is 5.81. The second-order valence-corrected chi connectivity index (χ2v) is 2.85. The number of rotatable bonds is 2. The van der Waals surface area contributed by atoms with Gasteiger partial charge in [0, 0.05) is 20.3 Å². The van der Waals surface area contributed by atoms with Gasteiger partial charge in [-0.2, -0.15) is 0 Å². The Kier molecular flexibility index (Phi) is 2.51. The summed E-state index contributed by atoms with van der Waals surface area (Å²) < 4.78 is 2.25. The zero-order valence-electron chi connectivity index (χ0n) is 8.07. The molecule has 74 valence electrons. The predicted molar refractivity (Wildman–Crippen MR) is 54.9 cm³/mol. The van der Waals surface area contributed by atoms with Gasteiger partial charge in [-0.1, -0.05) is 6.58 Å². The molecular weight excluding hydrogens is 182 g/mol. The summed E-state index contributed by atoms with van der Waals surface area (Å²) >= 11 is 0. The van der Waals surface area contributed by atoms with Gasteiger partial charge in [-0.05, 0) is 6.08 Å². The molecular formula is C9H11N3O2. The lowest BCUT2D eigenvalue weighted by Crippen LogP contribution is -2.40. The zero-order valence-corrected chi connectivity index (χ0v) is 8.07.